The largest absolute Gasteiger partial charge is 0.351 e. The van der Waals surface area contributed by atoms with Crippen LogP contribution < -0.4 is 5.32 Å². The van der Waals surface area contributed by atoms with Gasteiger partial charge in [0.05, 0.1) is 10.6 Å². The topological polar surface area (TPSA) is 35.6 Å². The number of hydrogen-bond acceptors (Lipinski definition) is 3. The van der Waals surface area contributed by atoms with Crippen molar-refractivity contribution < 1.29 is 4.79 Å². The van der Waals surface area contributed by atoms with E-state index in [-0.39, 0.29) is 5.91 Å². The zero-order valence-electron chi connectivity index (χ0n) is 11.5. The summed E-state index contributed by atoms with van der Waals surface area (Å²) in [5, 5.41) is 3.81. The number of nitrogens with zero attached hydrogens (tertiary/aromatic N) is 2. The molecular formula is C14H19Cl2N3O. The minimum Gasteiger partial charge on any atom is -0.351 e. The maximum Gasteiger partial charge on any atom is 0.252 e. The van der Waals surface area contributed by atoms with Gasteiger partial charge in [-0.15, -0.1) is 0 Å². The smallest absolute Gasteiger partial charge is 0.252 e. The zero-order valence-corrected chi connectivity index (χ0v) is 13.0. The molecule has 0 unspecified atom stereocenters. The lowest BCUT2D eigenvalue weighted by Crippen LogP contribution is -2.46. The van der Waals surface area contributed by atoms with Crippen LogP contribution in [0, 0.1) is 0 Å². The van der Waals surface area contributed by atoms with Crippen LogP contribution >= 0.6 is 23.2 Å². The first-order valence-corrected chi connectivity index (χ1v) is 7.46. The van der Waals surface area contributed by atoms with Crippen molar-refractivity contribution in [1.29, 1.82) is 0 Å². The minimum atomic E-state index is -0.152. The van der Waals surface area contributed by atoms with Crippen molar-refractivity contribution >= 4 is 29.1 Å². The average molecular weight is 316 g/mol. The summed E-state index contributed by atoms with van der Waals surface area (Å²) >= 11 is 11.8. The van der Waals surface area contributed by atoms with Crippen LogP contribution in [-0.2, 0) is 0 Å². The van der Waals surface area contributed by atoms with Crippen molar-refractivity contribution in [3.63, 3.8) is 0 Å². The molecule has 0 saturated carbocycles. The van der Waals surface area contributed by atoms with Crippen molar-refractivity contribution in [2.24, 2.45) is 0 Å². The Bertz CT molecular complexity index is 473. The molecule has 1 aliphatic rings. The van der Waals surface area contributed by atoms with E-state index in [4.69, 9.17) is 23.2 Å². The fourth-order valence-electron chi connectivity index (χ4n) is 2.17. The Balaban J connectivity index is 1.77. The standard InChI is InChI=1S/C14H19Cl2N3O/c1-18-6-8-19(9-7-18)5-4-17-14(20)12-3-2-11(15)10-13(12)16/h2-3,10H,4-9H2,1H3,(H,17,20). The van der Waals surface area contributed by atoms with E-state index in [0.717, 1.165) is 32.7 Å². The van der Waals surface area contributed by atoms with Gasteiger partial charge in [-0.1, -0.05) is 23.2 Å². The van der Waals surface area contributed by atoms with Crippen LogP contribution in [-0.4, -0.2) is 62.0 Å². The van der Waals surface area contributed by atoms with E-state index in [1.807, 2.05) is 0 Å². The molecule has 1 aliphatic heterocycles. The van der Waals surface area contributed by atoms with Gasteiger partial charge in [0.15, 0.2) is 0 Å². The Morgan fingerprint density at radius 3 is 2.60 bits per heavy atom. The summed E-state index contributed by atoms with van der Waals surface area (Å²) < 4.78 is 0. The van der Waals surface area contributed by atoms with Gasteiger partial charge in [-0.3, -0.25) is 9.69 Å². The third-order valence-electron chi connectivity index (χ3n) is 3.49. The Kier molecular flexibility index (Phi) is 5.66. The highest BCUT2D eigenvalue weighted by molar-refractivity contribution is 6.36. The minimum absolute atomic E-state index is 0.152. The highest BCUT2D eigenvalue weighted by Crippen LogP contribution is 2.20. The van der Waals surface area contributed by atoms with Gasteiger partial charge >= 0.3 is 0 Å². The van der Waals surface area contributed by atoms with Gasteiger partial charge in [0, 0.05) is 44.3 Å². The number of hydrogen-bond donors (Lipinski definition) is 1. The third-order valence-corrected chi connectivity index (χ3v) is 4.03. The number of likely N-dealkylation sites (N-methyl/N-ethyl adjacent to an activating group) is 1. The molecule has 4 nitrogen and oxygen atoms in total. The Morgan fingerprint density at radius 1 is 1.25 bits per heavy atom. The number of piperazine rings is 1. The molecule has 1 amide bonds. The second-order valence-corrected chi connectivity index (χ2v) is 5.87. The first-order chi connectivity index (χ1) is 9.56. The van der Waals surface area contributed by atoms with E-state index in [0.29, 0.717) is 22.2 Å². The molecule has 0 aliphatic carbocycles. The van der Waals surface area contributed by atoms with Crippen LogP contribution in [0.15, 0.2) is 18.2 Å². The molecule has 0 atom stereocenters. The molecule has 110 valence electrons. The fourth-order valence-corrected chi connectivity index (χ4v) is 2.66. The molecule has 1 fully saturated rings. The van der Waals surface area contributed by atoms with E-state index >= 15 is 0 Å². The van der Waals surface area contributed by atoms with Crippen LogP contribution in [0.25, 0.3) is 0 Å². The number of carbonyl (C=O) groups is 1. The maximum atomic E-state index is 12.0. The van der Waals surface area contributed by atoms with E-state index in [9.17, 15) is 4.79 Å². The van der Waals surface area contributed by atoms with Gasteiger partial charge in [0.25, 0.3) is 5.91 Å². The Labute approximate surface area is 129 Å². The van der Waals surface area contributed by atoms with Gasteiger partial charge in [-0.25, -0.2) is 0 Å². The maximum absolute atomic E-state index is 12.0. The van der Waals surface area contributed by atoms with Gasteiger partial charge < -0.3 is 10.2 Å². The molecular weight excluding hydrogens is 297 g/mol. The average Bonchev–Trinajstić information content (AvgIpc) is 2.41. The summed E-state index contributed by atoms with van der Waals surface area (Å²) in [6.07, 6.45) is 0. The normalized spacial score (nSPS) is 17.1. The molecule has 0 spiro atoms. The molecule has 1 saturated heterocycles. The second-order valence-electron chi connectivity index (χ2n) is 5.02. The fraction of sp³-hybridized carbons (Fsp3) is 0.500. The van der Waals surface area contributed by atoms with Gasteiger partial charge in [0.1, 0.15) is 0 Å². The van der Waals surface area contributed by atoms with E-state index in [2.05, 4.69) is 22.2 Å². The number of carbonyl (C=O) groups excluding carboxylic acids is 1. The Hall–Kier alpha value is -0.810. The summed E-state index contributed by atoms with van der Waals surface area (Å²) in [6, 6.07) is 4.90. The number of nitrogens with one attached hydrogen (secondary N) is 1. The highest BCUT2D eigenvalue weighted by Gasteiger charge is 2.14. The predicted octanol–water partition coefficient (Wildman–Crippen LogP) is 1.97. The molecule has 0 bridgehead atoms. The summed E-state index contributed by atoms with van der Waals surface area (Å²) in [4.78, 5) is 16.7. The van der Waals surface area contributed by atoms with Crippen LogP contribution in [0.5, 0.6) is 0 Å². The molecule has 0 aromatic heterocycles. The van der Waals surface area contributed by atoms with Crippen LogP contribution in [0.2, 0.25) is 10.0 Å². The molecule has 2 rings (SSSR count). The monoisotopic (exact) mass is 315 g/mol. The molecule has 0 radical (unpaired) electrons. The summed E-state index contributed by atoms with van der Waals surface area (Å²) in [5.74, 6) is -0.152. The lowest BCUT2D eigenvalue weighted by Gasteiger charge is -2.32. The summed E-state index contributed by atoms with van der Waals surface area (Å²) in [5.41, 5.74) is 0.467. The molecule has 20 heavy (non-hydrogen) atoms. The van der Waals surface area contributed by atoms with Crippen molar-refractivity contribution in [2.45, 2.75) is 0 Å². The lowest BCUT2D eigenvalue weighted by molar-refractivity contribution is 0.0941. The zero-order chi connectivity index (χ0) is 14.5. The highest BCUT2D eigenvalue weighted by atomic mass is 35.5. The quantitative estimate of drug-likeness (QED) is 0.922. The number of amides is 1. The third kappa shape index (κ3) is 4.35. The molecule has 1 heterocycles. The number of benzene rings is 1. The van der Waals surface area contributed by atoms with Gasteiger partial charge in [0.2, 0.25) is 0 Å². The van der Waals surface area contributed by atoms with E-state index in [1.165, 1.54) is 0 Å². The first kappa shape index (κ1) is 15.6. The van der Waals surface area contributed by atoms with Crippen LogP contribution in [0.4, 0.5) is 0 Å². The first-order valence-electron chi connectivity index (χ1n) is 6.70. The number of rotatable bonds is 4. The SMILES string of the molecule is CN1CCN(CCNC(=O)c2ccc(Cl)cc2Cl)CC1. The van der Waals surface area contributed by atoms with Crippen molar-refractivity contribution in [3.8, 4) is 0 Å². The molecule has 6 heteroatoms. The van der Waals surface area contributed by atoms with Crippen LogP contribution in [0.3, 0.4) is 0 Å². The van der Waals surface area contributed by atoms with Crippen molar-refractivity contribution in [1.82, 2.24) is 15.1 Å². The second kappa shape index (κ2) is 7.27. The van der Waals surface area contributed by atoms with Gasteiger partial charge in [-0.2, -0.15) is 0 Å². The predicted molar refractivity (Wildman–Crippen MR) is 82.7 cm³/mol. The number of halogens is 2. The van der Waals surface area contributed by atoms with E-state index in [1.54, 1.807) is 18.2 Å². The lowest BCUT2D eigenvalue weighted by atomic mass is 10.2. The van der Waals surface area contributed by atoms with Crippen molar-refractivity contribution in [3.05, 3.63) is 33.8 Å². The Morgan fingerprint density at radius 2 is 1.95 bits per heavy atom. The van der Waals surface area contributed by atoms with Gasteiger partial charge in [-0.05, 0) is 25.2 Å². The summed E-state index contributed by atoms with van der Waals surface area (Å²) in [7, 11) is 2.13. The van der Waals surface area contributed by atoms with E-state index < -0.39 is 0 Å². The molecule has 1 N–H and O–H groups in total. The van der Waals surface area contributed by atoms with Crippen molar-refractivity contribution in [2.75, 3.05) is 46.3 Å². The summed E-state index contributed by atoms with van der Waals surface area (Å²) in [6.45, 7) is 5.75. The van der Waals surface area contributed by atoms with Crippen LogP contribution in [0.1, 0.15) is 10.4 Å². The molecule has 1 aromatic rings. The molecule has 1 aromatic carbocycles.